The number of carboxylic acids is 1. The van der Waals surface area contributed by atoms with Crippen molar-refractivity contribution < 1.29 is 24.9 Å². The molecule has 0 aliphatic carbocycles. The van der Waals surface area contributed by atoms with Gasteiger partial charge in [0.1, 0.15) is 12.0 Å². The summed E-state index contributed by atoms with van der Waals surface area (Å²) in [6.07, 6.45) is 1.22. The van der Waals surface area contributed by atoms with Crippen LogP contribution in [0.25, 0.3) is 0 Å². The number of carboxylic acid groups (broad SMARTS) is 1. The van der Waals surface area contributed by atoms with Gasteiger partial charge in [0, 0.05) is 18.4 Å². The van der Waals surface area contributed by atoms with Crippen LogP contribution in [0.1, 0.15) is 76.4 Å². The zero-order valence-corrected chi connectivity index (χ0v) is 19.6. The molecule has 7 heteroatoms. The summed E-state index contributed by atoms with van der Waals surface area (Å²) in [6, 6.07) is 3.44. The van der Waals surface area contributed by atoms with E-state index >= 15 is 0 Å². The van der Waals surface area contributed by atoms with Crippen molar-refractivity contribution in [1.29, 1.82) is 0 Å². The molecule has 3 unspecified atom stereocenters. The number of aliphatic hydroxyl groups excluding tert-OH is 1. The van der Waals surface area contributed by atoms with Crippen LogP contribution in [-0.2, 0) is 20.4 Å². The van der Waals surface area contributed by atoms with E-state index in [1.807, 2.05) is 58.6 Å². The molecule has 1 aliphatic heterocycles. The highest BCUT2D eigenvalue weighted by atomic mass is 32.2. The average Bonchev–Trinajstić information content (AvgIpc) is 2.94. The Morgan fingerprint density at radius 2 is 1.67 bits per heavy atom. The second-order valence-corrected chi connectivity index (χ2v) is 11.4. The number of carbonyl (C=O) groups is 2. The maximum Gasteiger partial charge on any atom is 0.304 e. The Labute approximate surface area is 183 Å². The number of nitrogens with zero attached hydrogens (tertiary/aromatic N) is 1. The van der Waals surface area contributed by atoms with Crippen molar-refractivity contribution in [2.24, 2.45) is 0 Å². The minimum absolute atomic E-state index is 0.000872. The predicted molar refractivity (Wildman–Crippen MR) is 120 cm³/mol. The normalized spacial score (nSPS) is 23.0. The molecule has 0 radical (unpaired) electrons. The molecule has 1 saturated heterocycles. The third-order valence-electron chi connectivity index (χ3n) is 5.49. The smallest absolute Gasteiger partial charge is 0.304 e. The Hall–Kier alpha value is -1.57. The van der Waals surface area contributed by atoms with E-state index in [9.17, 15) is 24.9 Å². The first kappa shape index (κ1) is 24.7. The number of carbonyl (C=O) groups excluding carboxylic acids is 1. The molecule has 0 amide bonds. The fraction of sp³-hybridized carbons (Fsp3) is 0.652. The lowest BCUT2D eigenvalue weighted by Gasteiger charge is -2.32. The average molecular weight is 438 g/mol. The number of aliphatic hydroxyl groups is 1. The second kappa shape index (κ2) is 9.28. The maximum absolute atomic E-state index is 11.9. The third-order valence-corrected chi connectivity index (χ3v) is 7.09. The maximum atomic E-state index is 11.9. The van der Waals surface area contributed by atoms with Gasteiger partial charge in [0.15, 0.2) is 0 Å². The number of hydrogen-bond acceptors (Lipinski definition) is 6. The van der Waals surface area contributed by atoms with Gasteiger partial charge >= 0.3 is 5.97 Å². The molecule has 2 rings (SSSR count). The quantitative estimate of drug-likeness (QED) is 0.558. The van der Waals surface area contributed by atoms with Gasteiger partial charge in [-0.3, -0.25) is 9.69 Å². The minimum Gasteiger partial charge on any atom is -0.507 e. The highest BCUT2D eigenvalue weighted by Crippen LogP contribution is 2.49. The molecule has 6 nitrogen and oxygen atoms in total. The summed E-state index contributed by atoms with van der Waals surface area (Å²) in [7, 11) is 0. The molecular weight excluding hydrogens is 402 g/mol. The molecule has 1 fully saturated rings. The number of benzene rings is 1. The van der Waals surface area contributed by atoms with Gasteiger partial charge < -0.3 is 20.1 Å². The number of rotatable bonds is 7. The molecule has 30 heavy (non-hydrogen) atoms. The number of aliphatic carboxylic acids is 1. The van der Waals surface area contributed by atoms with Crippen molar-refractivity contribution in [2.75, 3.05) is 13.2 Å². The largest absolute Gasteiger partial charge is 0.507 e. The molecule has 3 N–H and O–H groups in total. The molecule has 0 aromatic heterocycles. The van der Waals surface area contributed by atoms with Crippen molar-refractivity contribution in [3.05, 3.63) is 28.8 Å². The standard InChI is InChI=1S/C23H35NO5S/c1-22(2,3)15-10-14(11-16(20(15)29)23(4,5)6)21-24(8-7-9-25)17(13-26)18(30-21)12-19(27)28/h10-11,13,17-18,21,25,29H,7-9,12H2,1-6H3,(H,27,28). The SMILES string of the molecule is CC(C)(C)c1cc(C2SC(CC(=O)O)C(C=O)N2CCCO)cc(C(C)(C)C)c1O. The molecule has 1 aliphatic rings. The van der Waals surface area contributed by atoms with E-state index in [0.717, 1.165) is 23.0 Å². The van der Waals surface area contributed by atoms with E-state index in [0.29, 0.717) is 13.0 Å². The van der Waals surface area contributed by atoms with Gasteiger partial charge in [-0.15, -0.1) is 11.8 Å². The fourth-order valence-electron chi connectivity index (χ4n) is 3.93. The molecule has 1 heterocycles. The highest BCUT2D eigenvalue weighted by Gasteiger charge is 2.43. The molecular formula is C23H35NO5S. The lowest BCUT2D eigenvalue weighted by atomic mass is 9.78. The number of phenolic OH excluding ortho intramolecular Hbond substituents is 1. The van der Waals surface area contributed by atoms with Crippen molar-refractivity contribution in [1.82, 2.24) is 4.90 Å². The zero-order valence-electron chi connectivity index (χ0n) is 18.8. The van der Waals surface area contributed by atoms with Gasteiger partial charge in [0.2, 0.25) is 0 Å². The molecule has 1 aromatic rings. The van der Waals surface area contributed by atoms with E-state index in [4.69, 9.17) is 0 Å². The van der Waals surface area contributed by atoms with E-state index in [1.54, 1.807) is 0 Å². The van der Waals surface area contributed by atoms with Gasteiger partial charge in [-0.05, 0) is 46.1 Å². The van der Waals surface area contributed by atoms with Crippen molar-refractivity contribution in [3.63, 3.8) is 0 Å². The summed E-state index contributed by atoms with van der Waals surface area (Å²) in [6.45, 7) is 12.8. The number of phenols is 1. The van der Waals surface area contributed by atoms with Crippen molar-refractivity contribution in [3.8, 4) is 5.75 Å². The lowest BCUT2D eigenvalue weighted by molar-refractivity contribution is -0.137. The summed E-state index contributed by atoms with van der Waals surface area (Å²) in [5, 5.41) is 29.1. The number of hydrogen-bond donors (Lipinski definition) is 3. The van der Waals surface area contributed by atoms with Gasteiger partial charge in [-0.25, -0.2) is 0 Å². The first-order valence-electron chi connectivity index (χ1n) is 10.4. The van der Waals surface area contributed by atoms with E-state index < -0.39 is 12.0 Å². The van der Waals surface area contributed by atoms with Crippen LogP contribution in [0.5, 0.6) is 5.75 Å². The van der Waals surface area contributed by atoms with Crippen LogP contribution in [-0.4, -0.2) is 56.9 Å². The number of aldehydes is 1. The van der Waals surface area contributed by atoms with Crippen LogP contribution >= 0.6 is 11.8 Å². The van der Waals surface area contributed by atoms with Crippen LogP contribution in [0, 0.1) is 0 Å². The molecule has 3 atom stereocenters. The van der Waals surface area contributed by atoms with Gasteiger partial charge in [0.05, 0.1) is 17.8 Å². The van der Waals surface area contributed by atoms with Crippen LogP contribution in [0.2, 0.25) is 0 Å². The summed E-state index contributed by atoms with van der Waals surface area (Å²) in [5.74, 6) is -0.642. The van der Waals surface area contributed by atoms with E-state index in [2.05, 4.69) is 0 Å². The van der Waals surface area contributed by atoms with Crippen molar-refractivity contribution in [2.45, 2.75) is 81.9 Å². The Balaban J connectivity index is 2.63. The molecule has 1 aromatic carbocycles. The summed E-state index contributed by atoms with van der Waals surface area (Å²) < 4.78 is 0. The molecule has 0 bridgehead atoms. The highest BCUT2D eigenvalue weighted by molar-refractivity contribution is 8.00. The molecule has 0 spiro atoms. The number of aromatic hydroxyl groups is 1. The van der Waals surface area contributed by atoms with Gasteiger partial charge in [0.25, 0.3) is 0 Å². The Kier molecular flexibility index (Phi) is 7.64. The van der Waals surface area contributed by atoms with E-state index in [-0.39, 0.29) is 40.2 Å². The van der Waals surface area contributed by atoms with Crippen LogP contribution in [0.4, 0.5) is 0 Å². The minimum atomic E-state index is -0.932. The zero-order chi connectivity index (χ0) is 22.9. The lowest BCUT2D eigenvalue weighted by Crippen LogP contribution is -2.39. The Bertz CT molecular complexity index is 746. The topological polar surface area (TPSA) is 98.1 Å². The fourth-order valence-corrected chi connectivity index (χ4v) is 5.58. The Morgan fingerprint density at radius 3 is 2.07 bits per heavy atom. The number of thioether (sulfide) groups is 1. The second-order valence-electron chi connectivity index (χ2n) is 10.0. The van der Waals surface area contributed by atoms with Gasteiger partial charge in [-0.2, -0.15) is 0 Å². The summed E-state index contributed by atoms with van der Waals surface area (Å²) in [5.41, 5.74) is 2.03. The first-order valence-corrected chi connectivity index (χ1v) is 11.3. The van der Waals surface area contributed by atoms with Crippen LogP contribution in [0.15, 0.2) is 12.1 Å². The van der Waals surface area contributed by atoms with Crippen molar-refractivity contribution >= 4 is 24.0 Å². The van der Waals surface area contributed by atoms with Crippen LogP contribution < -0.4 is 0 Å². The predicted octanol–water partition coefficient (Wildman–Crippen LogP) is 3.83. The summed E-state index contributed by atoms with van der Waals surface area (Å²) >= 11 is 1.48. The monoisotopic (exact) mass is 437 g/mol. The van der Waals surface area contributed by atoms with E-state index in [1.165, 1.54) is 11.8 Å². The summed E-state index contributed by atoms with van der Waals surface area (Å²) in [4.78, 5) is 25.3. The molecule has 0 saturated carbocycles. The molecule has 168 valence electrons. The third kappa shape index (κ3) is 5.37. The van der Waals surface area contributed by atoms with Crippen LogP contribution in [0.3, 0.4) is 0 Å². The first-order chi connectivity index (χ1) is 13.8. The Morgan fingerprint density at radius 1 is 1.13 bits per heavy atom. The van der Waals surface area contributed by atoms with Gasteiger partial charge in [-0.1, -0.05) is 41.5 Å².